The third-order valence-corrected chi connectivity index (χ3v) is 3.74. The molecule has 6 nitrogen and oxygen atoms in total. The molecule has 0 unspecified atom stereocenters. The fraction of sp³-hybridized carbons (Fsp3) is 0.364. The van der Waals surface area contributed by atoms with Crippen LogP contribution in [-0.4, -0.2) is 35.4 Å². The molecule has 0 aliphatic heterocycles. The molecule has 0 bridgehead atoms. The van der Waals surface area contributed by atoms with Crippen molar-refractivity contribution >= 4 is 11.9 Å². The molecule has 152 valence electrons. The topological polar surface area (TPSA) is 93.1 Å². The summed E-state index contributed by atoms with van der Waals surface area (Å²) in [6.07, 6.45) is 4.21. The quantitative estimate of drug-likeness (QED) is 0.548. The van der Waals surface area contributed by atoms with Crippen molar-refractivity contribution in [3.05, 3.63) is 59.7 Å². The lowest BCUT2D eigenvalue weighted by molar-refractivity contribution is 0.0686. The van der Waals surface area contributed by atoms with E-state index in [0.29, 0.717) is 13.2 Å². The molecule has 2 N–H and O–H groups in total. The molecule has 2 rings (SSSR count). The van der Waals surface area contributed by atoms with Gasteiger partial charge in [0.2, 0.25) is 0 Å². The van der Waals surface area contributed by atoms with E-state index in [0.717, 1.165) is 37.2 Å². The normalized spacial score (nSPS) is 9.79. The molecule has 6 heteroatoms. The first kappa shape index (κ1) is 23.0. The molecule has 0 aromatic heterocycles. The summed E-state index contributed by atoms with van der Waals surface area (Å²) in [5.41, 5.74) is 0.570. The van der Waals surface area contributed by atoms with Crippen molar-refractivity contribution in [2.45, 2.75) is 39.5 Å². The second kappa shape index (κ2) is 13.2. The van der Waals surface area contributed by atoms with Gasteiger partial charge < -0.3 is 19.7 Å². The van der Waals surface area contributed by atoms with Crippen LogP contribution in [0.25, 0.3) is 0 Å². The Labute approximate surface area is 165 Å². The Morgan fingerprint density at radius 1 is 0.679 bits per heavy atom. The maximum atomic E-state index is 10.5. The van der Waals surface area contributed by atoms with Crippen molar-refractivity contribution in [3.8, 4) is 11.5 Å². The Bertz CT molecular complexity index is 643. The summed E-state index contributed by atoms with van der Waals surface area (Å²) in [5, 5.41) is 17.3. The number of carboxylic acids is 2. The Morgan fingerprint density at radius 2 is 1.00 bits per heavy atom. The lowest BCUT2D eigenvalue weighted by Crippen LogP contribution is -1.98. The van der Waals surface area contributed by atoms with Crippen LogP contribution in [0.3, 0.4) is 0 Å². The summed E-state index contributed by atoms with van der Waals surface area (Å²) >= 11 is 0. The predicted octanol–water partition coefficient (Wildman–Crippen LogP) is 5.13. The van der Waals surface area contributed by atoms with Crippen LogP contribution in [0.5, 0.6) is 11.5 Å². The van der Waals surface area contributed by atoms with Crippen LogP contribution < -0.4 is 9.47 Å². The fourth-order valence-corrected chi connectivity index (χ4v) is 2.06. The summed E-state index contributed by atoms with van der Waals surface area (Å²) in [4.78, 5) is 21.1. The van der Waals surface area contributed by atoms with Crippen molar-refractivity contribution in [1.82, 2.24) is 0 Å². The van der Waals surface area contributed by atoms with E-state index in [1.54, 1.807) is 48.5 Å². The first-order valence-electron chi connectivity index (χ1n) is 9.40. The monoisotopic (exact) mass is 388 g/mol. The minimum atomic E-state index is -0.912. The zero-order valence-corrected chi connectivity index (χ0v) is 16.4. The van der Waals surface area contributed by atoms with Gasteiger partial charge >= 0.3 is 11.9 Å². The van der Waals surface area contributed by atoms with Crippen LogP contribution >= 0.6 is 0 Å². The molecule has 2 aromatic carbocycles. The van der Waals surface area contributed by atoms with E-state index in [-0.39, 0.29) is 11.1 Å². The van der Waals surface area contributed by atoms with Gasteiger partial charge in [-0.15, -0.1) is 0 Å². The molecule has 0 saturated carbocycles. The standard InChI is InChI=1S/2C11H14O3/c2*1-2-3-8-14-10-6-4-9(5-7-10)11(12)13/h2*4-7H,2-3,8H2,1H3,(H,12,13). The summed E-state index contributed by atoms with van der Waals surface area (Å²) in [5.74, 6) is -0.373. The first-order valence-corrected chi connectivity index (χ1v) is 9.40. The number of unbranched alkanes of at least 4 members (excludes halogenated alkanes) is 2. The highest BCUT2D eigenvalue weighted by molar-refractivity contribution is 5.88. The van der Waals surface area contributed by atoms with Crippen LogP contribution in [-0.2, 0) is 0 Å². The number of carbonyl (C=O) groups is 2. The van der Waals surface area contributed by atoms with Gasteiger partial charge in [-0.05, 0) is 61.4 Å². The smallest absolute Gasteiger partial charge is 0.335 e. The van der Waals surface area contributed by atoms with Crippen molar-refractivity contribution in [3.63, 3.8) is 0 Å². The Hall–Kier alpha value is -3.02. The predicted molar refractivity (Wildman–Crippen MR) is 108 cm³/mol. The third kappa shape index (κ3) is 9.07. The summed E-state index contributed by atoms with van der Waals surface area (Å²) in [6, 6.07) is 12.9. The average Bonchev–Trinajstić information content (AvgIpc) is 2.70. The molecule has 0 aliphatic carbocycles. The SMILES string of the molecule is CCCCOc1ccc(C(=O)O)cc1.CCCCOc1ccc(C(=O)O)cc1. The van der Waals surface area contributed by atoms with Gasteiger partial charge in [0, 0.05) is 0 Å². The summed E-state index contributed by atoms with van der Waals surface area (Å²) < 4.78 is 10.8. The van der Waals surface area contributed by atoms with Gasteiger partial charge in [0.05, 0.1) is 24.3 Å². The highest BCUT2D eigenvalue weighted by atomic mass is 16.5. The van der Waals surface area contributed by atoms with Gasteiger partial charge in [-0.1, -0.05) is 26.7 Å². The largest absolute Gasteiger partial charge is 0.494 e. The lowest BCUT2D eigenvalue weighted by atomic mass is 10.2. The molecule has 0 spiro atoms. The number of benzene rings is 2. The van der Waals surface area contributed by atoms with E-state index in [4.69, 9.17) is 19.7 Å². The number of hydrogen-bond donors (Lipinski definition) is 2. The molecule has 0 atom stereocenters. The molecule has 0 saturated heterocycles. The van der Waals surface area contributed by atoms with Crippen LogP contribution in [0.15, 0.2) is 48.5 Å². The molecule has 0 heterocycles. The van der Waals surface area contributed by atoms with Gasteiger partial charge in [-0.3, -0.25) is 0 Å². The van der Waals surface area contributed by atoms with Gasteiger partial charge in [0.15, 0.2) is 0 Å². The molecular weight excluding hydrogens is 360 g/mol. The molecule has 2 aromatic rings. The highest BCUT2D eigenvalue weighted by Gasteiger charge is 2.02. The molecule has 0 fully saturated rings. The summed E-state index contributed by atoms with van der Waals surface area (Å²) in [7, 11) is 0. The second-order valence-electron chi connectivity index (χ2n) is 6.06. The Morgan fingerprint density at radius 3 is 1.25 bits per heavy atom. The maximum Gasteiger partial charge on any atom is 0.335 e. The van der Waals surface area contributed by atoms with E-state index in [1.807, 2.05) is 0 Å². The average molecular weight is 388 g/mol. The van der Waals surface area contributed by atoms with Crippen LogP contribution in [0.4, 0.5) is 0 Å². The first-order chi connectivity index (χ1) is 13.5. The fourth-order valence-electron chi connectivity index (χ4n) is 2.06. The van der Waals surface area contributed by atoms with Gasteiger partial charge in [-0.25, -0.2) is 9.59 Å². The minimum absolute atomic E-state index is 0.285. The van der Waals surface area contributed by atoms with Gasteiger partial charge in [-0.2, -0.15) is 0 Å². The van der Waals surface area contributed by atoms with Crippen molar-refractivity contribution < 1.29 is 29.3 Å². The Balaban J connectivity index is 0.000000280. The van der Waals surface area contributed by atoms with E-state index in [2.05, 4.69) is 13.8 Å². The van der Waals surface area contributed by atoms with E-state index >= 15 is 0 Å². The number of carboxylic acid groups (broad SMARTS) is 2. The third-order valence-electron chi connectivity index (χ3n) is 3.74. The van der Waals surface area contributed by atoms with E-state index in [1.165, 1.54) is 0 Å². The number of rotatable bonds is 10. The lowest BCUT2D eigenvalue weighted by Gasteiger charge is -2.04. The van der Waals surface area contributed by atoms with Crippen LogP contribution in [0.1, 0.15) is 60.2 Å². The highest BCUT2D eigenvalue weighted by Crippen LogP contribution is 2.13. The van der Waals surface area contributed by atoms with Crippen molar-refractivity contribution in [2.24, 2.45) is 0 Å². The molecule has 0 radical (unpaired) electrons. The van der Waals surface area contributed by atoms with E-state index in [9.17, 15) is 9.59 Å². The van der Waals surface area contributed by atoms with Crippen molar-refractivity contribution in [2.75, 3.05) is 13.2 Å². The molecular formula is C22H28O6. The molecule has 0 amide bonds. The van der Waals surface area contributed by atoms with Gasteiger partial charge in [0.25, 0.3) is 0 Å². The molecule has 0 aliphatic rings. The number of aromatic carboxylic acids is 2. The number of ether oxygens (including phenoxy) is 2. The zero-order valence-electron chi connectivity index (χ0n) is 16.4. The second-order valence-corrected chi connectivity index (χ2v) is 6.06. The summed E-state index contributed by atoms with van der Waals surface area (Å²) in [6.45, 7) is 5.56. The van der Waals surface area contributed by atoms with E-state index < -0.39 is 11.9 Å². The van der Waals surface area contributed by atoms with Crippen LogP contribution in [0, 0.1) is 0 Å². The van der Waals surface area contributed by atoms with Crippen LogP contribution in [0.2, 0.25) is 0 Å². The maximum absolute atomic E-state index is 10.5. The minimum Gasteiger partial charge on any atom is -0.494 e. The molecule has 28 heavy (non-hydrogen) atoms. The van der Waals surface area contributed by atoms with Crippen molar-refractivity contribution in [1.29, 1.82) is 0 Å². The zero-order chi connectivity index (χ0) is 20.8. The Kier molecular flexibility index (Phi) is 10.8. The number of hydrogen-bond acceptors (Lipinski definition) is 4. The van der Waals surface area contributed by atoms with Gasteiger partial charge in [0.1, 0.15) is 11.5 Å².